The minimum atomic E-state index is -0.421. The molecule has 0 spiro atoms. The van der Waals surface area contributed by atoms with Gasteiger partial charge in [-0.2, -0.15) is 0 Å². The average molecular weight is 271 g/mol. The molecule has 0 aliphatic carbocycles. The summed E-state index contributed by atoms with van der Waals surface area (Å²) in [5.74, 6) is 0. The van der Waals surface area contributed by atoms with Crippen LogP contribution in [0.15, 0.2) is 41.0 Å². The lowest BCUT2D eigenvalue weighted by atomic mass is 10.2. The monoisotopic (exact) mass is 270 g/mol. The number of halogens is 2. The van der Waals surface area contributed by atoms with Crippen molar-refractivity contribution in [2.45, 2.75) is 6.54 Å². The highest BCUT2D eigenvalue weighted by atomic mass is 35.5. The first-order chi connectivity index (χ1) is 8.11. The SMILES string of the molecule is O=[N+]([O-])c1ccc2ccn(C/C(Cl)=C/Cl)c2c1. The van der Waals surface area contributed by atoms with Gasteiger partial charge < -0.3 is 4.57 Å². The van der Waals surface area contributed by atoms with Crippen LogP contribution in [0.3, 0.4) is 0 Å². The van der Waals surface area contributed by atoms with Crippen molar-refractivity contribution < 1.29 is 4.92 Å². The van der Waals surface area contributed by atoms with E-state index in [1.54, 1.807) is 6.07 Å². The fourth-order valence-electron chi connectivity index (χ4n) is 1.62. The van der Waals surface area contributed by atoms with Gasteiger partial charge in [-0.25, -0.2) is 0 Å². The zero-order chi connectivity index (χ0) is 12.4. The number of fused-ring (bicyclic) bond motifs is 1. The number of aromatic nitrogens is 1. The van der Waals surface area contributed by atoms with Crippen LogP contribution < -0.4 is 0 Å². The largest absolute Gasteiger partial charge is 0.342 e. The number of allylic oxidation sites excluding steroid dienone is 1. The summed E-state index contributed by atoms with van der Waals surface area (Å²) in [6, 6.07) is 6.58. The molecule has 0 saturated heterocycles. The molecule has 1 aromatic carbocycles. The molecule has 88 valence electrons. The number of hydrogen-bond acceptors (Lipinski definition) is 2. The maximum Gasteiger partial charge on any atom is 0.271 e. The standard InChI is InChI=1S/C11H8Cl2N2O2/c12-6-9(13)7-14-4-3-8-1-2-10(15(16)17)5-11(8)14/h1-6H,7H2/b9-6-. The maximum atomic E-state index is 10.7. The van der Waals surface area contributed by atoms with Crippen LogP contribution in [0.5, 0.6) is 0 Å². The Hall–Kier alpha value is -1.52. The van der Waals surface area contributed by atoms with Crippen molar-refractivity contribution in [2.75, 3.05) is 0 Å². The van der Waals surface area contributed by atoms with E-state index < -0.39 is 4.92 Å². The third-order valence-electron chi connectivity index (χ3n) is 2.41. The van der Waals surface area contributed by atoms with Crippen molar-refractivity contribution in [3.05, 3.63) is 51.1 Å². The fraction of sp³-hybridized carbons (Fsp3) is 0.0909. The predicted molar refractivity (Wildman–Crippen MR) is 68.4 cm³/mol. The molecule has 2 rings (SSSR count). The lowest BCUT2D eigenvalue weighted by Crippen LogP contribution is -1.96. The van der Waals surface area contributed by atoms with Crippen molar-refractivity contribution >= 4 is 39.8 Å². The van der Waals surface area contributed by atoms with Crippen LogP contribution in [0.25, 0.3) is 10.9 Å². The van der Waals surface area contributed by atoms with Crippen LogP contribution in [0.1, 0.15) is 0 Å². The van der Waals surface area contributed by atoms with E-state index in [2.05, 4.69) is 0 Å². The van der Waals surface area contributed by atoms with E-state index in [9.17, 15) is 10.1 Å². The van der Waals surface area contributed by atoms with Gasteiger partial charge in [0, 0.05) is 34.3 Å². The van der Waals surface area contributed by atoms with Gasteiger partial charge in [0.1, 0.15) is 0 Å². The number of nitrogens with zero attached hydrogens (tertiary/aromatic N) is 2. The molecule has 4 nitrogen and oxygen atoms in total. The molecular weight excluding hydrogens is 263 g/mol. The van der Waals surface area contributed by atoms with Crippen LogP contribution in [0.4, 0.5) is 5.69 Å². The summed E-state index contributed by atoms with van der Waals surface area (Å²) < 4.78 is 1.81. The van der Waals surface area contributed by atoms with Crippen LogP contribution in [-0.4, -0.2) is 9.49 Å². The smallest absolute Gasteiger partial charge is 0.271 e. The van der Waals surface area contributed by atoms with Crippen molar-refractivity contribution in [3.8, 4) is 0 Å². The van der Waals surface area contributed by atoms with Gasteiger partial charge >= 0.3 is 0 Å². The second-order valence-electron chi connectivity index (χ2n) is 3.50. The highest BCUT2D eigenvalue weighted by Gasteiger charge is 2.09. The number of rotatable bonds is 3. The first-order valence-corrected chi connectivity index (χ1v) is 5.61. The van der Waals surface area contributed by atoms with E-state index in [1.165, 1.54) is 17.7 Å². The first kappa shape index (κ1) is 12.0. The summed E-state index contributed by atoms with van der Waals surface area (Å²) in [7, 11) is 0. The van der Waals surface area contributed by atoms with E-state index in [4.69, 9.17) is 23.2 Å². The molecule has 0 amide bonds. The van der Waals surface area contributed by atoms with Crippen LogP contribution in [0.2, 0.25) is 0 Å². The minimum Gasteiger partial charge on any atom is -0.342 e. The molecule has 1 heterocycles. The molecule has 0 radical (unpaired) electrons. The molecule has 0 aliphatic heterocycles. The zero-order valence-corrected chi connectivity index (χ0v) is 10.1. The van der Waals surface area contributed by atoms with Crippen LogP contribution in [-0.2, 0) is 6.54 Å². The second kappa shape index (κ2) is 4.77. The number of nitro benzene ring substituents is 1. The summed E-state index contributed by atoms with van der Waals surface area (Å²) in [4.78, 5) is 10.3. The molecule has 0 aliphatic rings. The van der Waals surface area contributed by atoms with E-state index >= 15 is 0 Å². The lowest BCUT2D eigenvalue weighted by Gasteiger charge is -2.03. The summed E-state index contributed by atoms with van der Waals surface area (Å²) in [6.07, 6.45) is 1.82. The molecule has 0 atom stereocenters. The Morgan fingerprint density at radius 1 is 1.47 bits per heavy atom. The Kier molecular flexibility index (Phi) is 3.36. The molecule has 17 heavy (non-hydrogen) atoms. The third kappa shape index (κ3) is 2.43. The molecular formula is C11H8Cl2N2O2. The van der Waals surface area contributed by atoms with Gasteiger partial charge in [0.25, 0.3) is 5.69 Å². The normalized spacial score (nSPS) is 12.0. The van der Waals surface area contributed by atoms with Crippen LogP contribution >= 0.6 is 23.2 Å². The summed E-state index contributed by atoms with van der Waals surface area (Å²) in [6.45, 7) is 0.399. The number of nitro groups is 1. The van der Waals surface area contributed by atoms with E-state index in [0.717, 1.165) is 10.9 Å². The number of benzene rings is 1. The summed E-state index contributed by atoms with van der Waals surface area (Å²) in [5, 5.41) is 12.1. The van der Waals surface area contributed by atoms with Crippen molar-refractivity contribution in [1.82, 2.24) is 4.57 Å². The van der Waals surface area contributed by atoms with Gasteiger partial charge in [-0.3, -0.25) is 10.1 Å². The molecule has 0 fully saturated rings. The van der Waals surface area contributed by atoms with Crippen molar-refractivity contribution in [1.29, 1.82) is 0 Å². The van der Waals surface area contributed by atoms with E-state index in [-0.39, 0.29) is 5.69 Å². The molecule has 0 bridgehead atoms. The number of hydrogen-bond donors (Lipinski definition) is 0. The molecule has 6 heteroatoms. The summed E-state index contributed by atoms with van der Waals surface area (Å²) >= 11 is 11.3. The fourth-order valence-corrected chi connectivity index (χ4v) is 1.82. The average Bonchev–Trinajstić information content (AvgIpc) is 2.71. The highest BCUT2D eigenvalue weighted by Crippen LogP contribution is 2.23. The highest BCUT2D eigenvalue weighted by molar-refractivity contribution is 6.36. The lowest BCUT2D eigenvalue weighted by molar-refractivity contribution is -0.384. The Labute approximate surface area is 107 Å². The van der Waals surface area contributed by atoms with Crippen molar-refractivity contribution in [3.63, 3.8) is 0 Å². The predicted octanol–water partition coefficient (Wildman–Crippen LogP) is 3.87. The van der Waals surface area contributed by atoms with Gasteiger partial charge in [-0.05, 0) is 12.1 Å². The topological polar surface area (TPSA) is 48.1 Å². The second-order valence-corrected chi connectivity index (χ2v) is 4.20. The Balaban J connectivity index is 2.50. The van der Waals surface area contributed by atoms with Crippen LogP contribution in [0, 0.1) is 10.1 Å². The molecule has 2 aromatic rings. The summed E-state index contributed by atoms with van der Waals surface area (Å²) in [5.41, 5.74) is 2.10. The Morgan fingerprint density at radius 3 is 2.88 bits per heavy atom. The Morgan fingerprint density at radius 2 is 2.24 bits per heavy atom. The minimum absolute atomic E-state index is 0.0587. The molecule has 0 unspecified atom stereocenters. The maximum absolute atomic E-state index is 10.7. The molecule has 0 N–H and O–H groups in total. The third-order valence-corrected chi connectivity index (χ3v) is 3.01. The number of non-ortho nitro benzene ring substituents is 1. The quantitative estimate of drug-likeness (QED) is 0.628. The van der Waals surface area contributed by atoms with Gasteiger partial charge in [0.2, 0.25) is 0 Å². The van der Waals surface area contributed by atoms with Gasteiger partial charge in [-0.1, -0.05) is 23.2 Å². The van der Waals surface area contributed by atoms with E-state index in [1.807, 2.05) is 16.8 Å². The Bertz CT molecular complexity index is 605. The zero-order valence-electron chi connectivity index (χ0n) is 8.64. The molecule has 0 saturated carbocycles. The molecule has 1 aromatic heterocycles. The first-order valence-electron chi connectivity index (χ1n) is 4.80. The van der Waals surface area contributed by atoms with E-state index in [0.29, 0.717) is 11.6 Å². The van der Waals surface area contributed by atoms with Gasteiger partial charge in [0.15, 0.2) is 0 Å². The van der Waals surface area contributed by atoms with Crippen molar-refractivity contribution in [2.24, 2.45) is 0 Å². The van der Waals surface area contributed by atoms with Gasteiger partial charge in [0.05, 0.1) is 17.0 Å². The van der Waals surface area contributed by atoms with Gasteiger partial charge in [-0.15, -0.1) is 0 Å².